The van der Waals surface area contributed by atoms with Crippen molar-refractivity contribution in [3.8, 4) is 23.4 Å². The molecule has 0 fully saturated rings. The number of fused-ring (bicyclic) bond motifs is 1. The van der Waals surface area contributed by atoms with Gasteiger partial charge in [0.2, 0.25) is 11.8 Å². The molecule has 2 heterocycles. The molecule has 8 heteroatoms. The van der Waals surface area contributed by atoms with Crippen LogP contribution in [0, 0.1) is 11.3 Å². The lowest BCUT2D eigenvalue weighted by atomic mass is 9.84. The van der Waals surface area contributed by atoms with Gasteiger partial charge in [0.05, 0.1) is 37.0 Å². The van der Waals surface area contributed by atoms with Gasteiger partial charge in [0, 0.05) is 7.11 Å². The number of methoxy groups -OCH3 is 1. The number of nitrogens with two attached hydrogens (primary N) is 1. The number of ether oxygens (including phenoxy) is 4. The van der Waals surface area contributed by atoms with Crippen LogP contribution in [0.4, 0.5) is 0 Å². The van der Waals surface area contributed by atoms with Crippen LogP contribution in [0.5, 0.6) is 17.4 Å². The van der Waals surface area contributed by atoms with Crippen LogP contribution in [-0.4, -0.2) is 30.5 Å². The third-order valence-electron chi connectivity index (χ3n) is 4.21. The van der Waals surface area contributed by atoms with Crippen molar-refractivity contribution in [2.24, 2.45) is 5.73 Å². The van der Waals surface area contributed by atoms with Gasteiger partial charge in [0.1, 0.15) is 11.6 Å². The quantitative estimate of drug-likeness (QED) is 0.769. The van der Waals surface area contributed by atoms with E-state index in [1.54, 1.807) is 7.11 Å². The van der Waals surface area contributed by atoms with Crippen LogP contribution >= 0.6 is 0 Å². The molecule has 142 valence electrons. The molecular formula is C19H22N4O4. The minimum atomic E-state index is -0.447. The summed E-state index contributed by atoms with van der Waals surface area (Å²) in [6, 6.07) is 7.76. The Kier molecular flexibility index (Phi) is 5.52. The number of aromatic amines is 1. The van der Waals surface area contributed by atoms with Crippen LogP contribution in [0.2, 0.25) is 0 Å². The highest BCUT2D eigenvalue weighted by Gasteiger charge is 2.35. The molecule has 1 aliphatic heterocycles. The second kappa shape index (κ2) is 8.01. The first-order chi connectivity index (χ1) is 13.1. The fraction of sp³-hybridized carbons (Fsp3) is 0.368. The number of nitriles is 1. The van der Waals surface area contributed by atoms with Gasteiger partial charge in [0.25, 0.3) is 0 Å². The lowest BCUT2D eigenvalue weighted by Crippen LogP contribution is -2.21. The highest BCUT2D eigenvalue weighted by atomic mass is 16.5. The topological polar surface area (TPSA) is 115 Å². The zero-order valence-corrected chi connectivity index (χ0v) is 15.5. The SMILES string of the molecule is CCOc1ccc(C2C(C#N)=C(N)Oc3n[nH]c(COC)c32)cc1OCC. The Balaban J connectivity index is 2.15. The molecule has 0 radical (unpaired) electrons. The molecule has 3 N–H and O–H groups in total. The van der Waals surface area contributed by atoms with Crippen LogP contribution in [0.15, 0.2) is 29.7 Å². The number of rotatable bonds is 7. The minimum absolute atomic E-state index is 0.0392. The highest BCUT2D eigenvalue weighted by molar-refractivity contribution is 5.57. The summed E-state index contributed by atoms with van der Waals surface area (Å²) < 4.78 is 22.1. The first-order valence-corrected chi connectivity index (χ1v) is 8.67. The van der Waals surface area contributed by atoms with Gasteiger partial charge in [-0.2, -0.15) is 5.26 Å². The second-order valence-electron chi connectivity index (χ2n) is 5.85. The maximum Gasteiger partial charge on any atom is 0.244 e. The Morgan fingerprint density at radius 3 is 2.67 bits per heavy atom. The van der Waals surface area contributed by atoms with Gasteiger partial charge in [-0.3, -0.25) is 5.10 Å². The van der Waals surface area contributed by atoms with Gasteiger partial charge in [-0.25, -0.2) is 0 Å². The molecule has 8 nitrogen and oxygen atoms in total. The summed E-state index contributed by atoms with van der Waals surface area (Å²) in [5.41, 5.74) is 8.58. The lowest BCUT2D eigenvalue weighted by Gasteiger charge is -2.24. The fourth-order valence-corrected chi connectivity index (χ4v) is 3.14. The van der Waals surface area contributed by atoms with E-state index in [-0.39, 0.29) is 5.88 Å². The number of hydrogen-bond donors (Lipinski definition) is 2. The maximum absolute atomic E-state index is 9.70. The van der Waals surface area contributed by atoms with Crippen molar-refractivity contribution in [3.05, 3.63) is 46.5 Å². The number of nitrogens with zero attached hydrogens (tertiary/aromatic N) is 2. The van der Waals surface area contributed by atoms with E-state index in [1.807, 2.05) is 32.0 Å². The zero-order chi connectivity index (χ0) is 19.4. The minimum Gasteiger partial charge on any atom is -0.490 e. The second-order valence-corrected chi connectivity index (χ2v) is 5.85. The number of H-pyrrole nitrogens is 1. The van der Waals surface area contributed by atoms with E-state index in [9.17, 15) is 5.26 Å². The molecule has 0 saturated heterocycles. The van der Waals surface area contributed by atoms with Crippen LogP contribution in [0.25, 0.3) is 0 Å². The van der Waals surface area contributed by atoms with Crippen molar-refractivity contribution in [2.75, 3.05) is 20.3 Å². The molecule has 0 saturated carbocycles. The van der Waals surface area contributed by atoms with Crippen LogP contribution in [-0.2, 0) is 11.3 Å². The average Bonchev–Trinajstić information content (AvgIpc) is 3.05. The monoisotopic (exact) mass is 370 g/mol. The van der Waals surface area contributed by atoms with Gasteiger partial charge in [0.15, 0.2) is 11.5 Å². The summed E-state index contributed by atoms with van der Waals surface area (Å²) >= 11 is 0. The van der Waals surface area contributed by atoms with Gasteiger partial charge in [-0.15, -0.1) is 5.10 Å². The average molecular weight is 370 g/mol. The van der Waals surface area contributed by atoms with Crippen molar-refractivity contribution >= 4 is 0 Å². The van der Waals surface area contributed by atoms with E-state index in [2.05, 4.69) is 16.3 Å². The molecule has 0 spiro atoms. The molecule has 27 heavy (non-hydrogen) atoms. The molecule has 0 bridgehead atoms. The smallest absolute Gasteiger partial charge is 0.244 e. The van der Waals surface area contributed by atoms with E-state index in [0.29, 0.717) is 42.8 Å². The first-order valence-electron chi connectivity index (χ1n) is 8.67. The largest absolute Gasteiger partial charge is 0.490 e. The van der Waals surface area contributed by atoms with E-state index >= 15 is 0 Å². The third-order valence-corrected chi connectivity index (χ3v) is 4.21. The molecule has 2 aromatic rings. The van der Waals surface area contributed by atoms with Crippen molar-refractivity contribution in [3.63, 3.8) is 0 Å². The van der Waals surface area contributed by atoms with Crippen molar-refractivity contribution in [1.29, 1.82) is 5.26 Å². The number of allylic oxidation sites excluding steroid dienone is 1. The summed E-state index contributed by atoms with van der Waals surface area (Å²) in [5.74, 6) is 1.19. The summed E-state index contributed by atoms with van der Waals surface area (Å²) in [6.45, 7) is 5.13. The molecule has 0 amide bonds. The van der Waals surface area contributed by atoms with E-state index in [1.165, 1.54) is 0 Å². The fourth-order valence-electron chi connectivity index (χ4n) is 3.14. The van der Waals surface area contributed by atoms with Gasteiger partial charge >= 0.3 is 0 Å². The van der Waals surface area contributed by atoms with Gasteiger partial charge in [-0.05, 0) is 31.5 Å². The molecule has 1 aromatic carbocycles. The molecule has 1 aliphatic rings. The Labute approximate surface area is 157 Å². The summed E-state index contributed by atoms with van der Waals surface area (Å²) in [6.07, 6.45) is 0. The van der Waals surface area contributed by atoms with Crippen molar-refractivity contribution in [1.82, 2.24) is 10.2 Å². The highest BCUT2D eigenvalue weighted by Crippen LogP contribution is 2.44. The number of hydrogen-bond acceptors (Lipinski definition) is 7. The molecule has 1 atom stereocenters. The Morgan fingerprint density at radius 1 is 1.26 bits per heavy atom. The van der Waals surface area contributed by atoms with Gasteiger partial charge in [-0.1, -0.05) is 6.07 Å². The standard InChI is InChI=1S/C19H22N4O4/c1-4-25-14-7-6-11(8-15(14)26-5-2)16-12(9-20)18(21)27-19-17(16)13(10-24-3)22-23-19/h6-8,16H,4-5,10,21H2,1-3H3,(H,22,23). The maximum atomic E-state index is 9.70. The summed E-state index contributed by atoms with van der Waals surface area (Å²) in [7, 11) is 1.59. The Morgan fingerprint density at radius 2 is 2.00 bits per heavy atom. The predicted molar refractivity (Wildman–Crippen MR) is 97.4 cm³/mol. The van der Waals surface area contributed by atoms with Crippen LogP contribution in [0.3, 0.4) is 0 Å². The summed E-state index contributed by atoms with van der Waals surface area (Å²) in [4.78, 5) is 0. The first kappa shape index (κ1) is 18.6. The zero-order valence-electron chi connectivity index (χ0n) is 15.5. The van der Waals surface area contributed by atoms with E-state index < -0.39 is 5.92 Å². The third kappa shape index (κ3) is 3.41. The van der Waals surface area contributed by atoms with Crippen LogP contribution < -0.4 is 19.9 Å². The van der Waals surface area contributed by atoms with Gasteiger partial charge < -0.3 is 24.7 Å². The number of benzene rings is 1. The lowest BCUT2D eigenvalue weighted by molar-refractivity contribution is 0.180. The molecule has 0 aliphatic carbocycles. The van der Waals surface area contributed by atoms with Crippen LogP contribution in [0.1, 0.15) is 36.6 Å². The van der Waals surface area contributed by atoms with Crippen molar-refractivity contribution in [2.45, 2.75) is 26.4 Å². The molecule has 3 rings (SSSR count). The summed E-state index contributed by atoms with van der Waals surface area (Å²) in [5, 5.41) is 16.8. The number of aromatic nitrogens is 2. The Hall–Kier alpha value is -3.18. The molecular weight excluding hydrogens is 348 g/mol. The van der Waals surface area contributed by atoms with E-state index in [0.717, 1.165) is 16.8 Å². The normalized spacial score (nSPS) is 15.7. The molecule has 1 aromatic heterocycles. The van der Waals surface area contributed by atoms with E-state index in [4.69, 9.17) is 24.7 Å². The predicted octanol–water partition coefficient (Wildman–Crippen LogP) is 2.57. The number of nitrogens with one attached hydrogen (secondary N) is 1. The molecule has 1 unspecified atom stereocenters. The van der Waals surface area contributed by atoms with Crippen molar-refractivity contribution < 1.29 is 18.9 Å². The Bertz CT molecular complexity index is 898.